The lowest BCUT2D eigenvalue weighted by molar-refractivity contribution is -0.0229. The minimum atomic E-state index is -0.624. The van der Waals surface area contributed by atoms with Gasteiger partial charge in [-0.05, 0) is 66.0 Å². The number of nitrogens with one attached hydrogen (secondary N) is 1. The average Bonchev–Trinajstić information content (AvgIpc) is 2.75. The van der Waals surface area contributed by atoms with E-state index in [9.17, 15) is 9.90 Å². The van der Waals surface area contributed by atoms with Gasteiger partial charge in [-0.15, -0.1) is 0 Å². The van der Waals surface area contributed by atoms with Gasteiger partial charge in [-0.2, -0.15) is 0 Å². The zero-order valence-corrected chi connectivity index (χ0v) is 12.9. The molecule has 2 saturated heterocycles. The van der Waals surface area contributed by atoms with Gasteiger partial charge in [0.05, 0.1) is 5.60 Å². The van der Waals surface area contributed by atoms with Gasteiger partial charge in [0.15, 0.2) is 0 Å². The highest BCUT2D eigenvalue weighted by Crippen LogP contribution is 2.31. The van der Waals surface area contributed by atoms with Crippen molar-refractivity contribution in [1.82, 2.24) is 10.2 Å². The van der Waals surface area contributed by atoms with E-state index < -0.39 is 11.2 Å². The van der Waals surface area contributed by atoms with Crippen LogP contribution < -0.4 is 5.32 Å². The van der Waals surface area contributed by atoms with E-state index in [2.05, 4.69) is 5.32 Å². The van der Waals surface area contributed by atoms with Crippen LogP contribution >= 0.6 is 0 Å². The van der Waals surface area contributed by atoms with Crippen LogP contribution in [0.15, 0.2) is 0 Å². The predicted molar refractivity (Wildman–Crippen MR) is 77.6 cm³/mol. The summed E-state index contributed by atoms with van der Waals surface area (Å²) < 4.78 is 5.47. The molecule has 0 bridgehead atoms. The van der Waals surface area contributed by atoms with Crippen molar-refractivity contribution >= 4 is 6.09 Å². The number of rotatable bonds is 2. The monoisotopic (exact) mass is 284 g/mol. The molecule has 0 radical (unpaired) electrons. The maximum Gasteiger partial charge on any atom is 0.410 e. The zero-order valence-electron chi connectivity index (χ0n) is 12.9. The smallest absolute Gasteiger partial charge is 0.410 e. The molecule has 1 amide bonds. The van der Waals surface area contributed by atoms with E-state index in [1.165, 1.54) is 0 Å². The quantitative estimate of drug-likeness (QED) is 0.813. The fourth-order valence-electron chi connectivity index (χ4n) is 3.14. The molecule has 2 N–H and O–H groups in total. The number of carbonyl (C=O) groups is 1. The van der Waals surface area contributed by atoms with Crippen molar-refractivity contribution in [3.05, 3.63) is 0 Å². The standard InChI is InChI=1S/C15H28N2O3/c1-14(2,3)20-13(18)17-10-4-5-12(17)11-15(19)6-8-16-9-7-15/h12,16,19H,4-11H2,1-3H3. The third kappa shape index (κ3) is 4.09. The summed E-state index contributed by atoms with van der Waals surface area (Å²) in [5.74, 6) is 0. The molecule has 2 fully saturated rings. The average molecular weight is 284 g/mol. The van der Waals surface area contributed by atoms with Crippen LogP contribution in [0.25, 0.3) is 0 Å². The lowest BCUT2D eigenvalue weighted by Gasteiger charge is -2.37. The molecule has 116 valence electrons. The van der Waals surface area contributed by atoms with Gasteiger partial charge in [-0.3, -0.25) is 0 Å². The Balaban J connectivity index is 1.95. The van der Waals surface area contributed by atoms with E-state index in [0.717, 1.165) is 45.3 Å². The fourth-order valence-corrected chi connectivity index (χ4v) is 3.14. The van der Waals surface area contributed by atoms with Crippen LogP contribution in [0.3, 0.4) is 0 Å². The molecule has 0 saturated carbocycles. The summed E-state index contributed by atoms with van der Waals surface area (Å²) in [7, 11) is 0. The Morgan fingerprint density at radius 2 is 2.05 bits per heavy atom. The molecule has 2 aliphatic heterocycles. The number of hydrogen-bond acceptors (Lipinski definition) is 4. The summed E-state index contributed by atoms with van der Waals surface area (Å²) in [5, 5.41) is 13.9. The zero-order chi connectivity index (χ0) is 14.8. The third-order valence-electron chi connectivity index (χ3n) is 4.15. The van der Waals surface area contributed by atoms with Crippen molar-refractivity contribution < 1.29 is 14.6 Å². The van der Waals surface area contributed by atoms with Crippen molar-refractivity contribution in [2.75, 3.05) is 19.6 Å². The molecule has 2 aliphatic rings. The maximum atomic E-state index is 12.2. The predicted octanol–water partition coefficient (Wildman–Crippen LogP) is 1.89. The number of amides is 1. The molecule has 2 heterocycles. The van der Waals surface area contributed by atoms with E-state index in [0.29, 0.717) is 6.42 Å². The molecule has 0 aliphatic carbocycles. The van der Waals surface area contributed by atoms with Crippen LogP contribution in [0, 0.1) is 0 Å². The topological polar surface area (TPSA) is 61.8 Å². The van der Waals surface area contributed by atoms with Gasteiger partial charge >= 0.3 is 6.09 Å². The molecule has 1 atom stereocenters. The van der Waals surface area contributed by atoms with E-state index in [4.69, 9.17) is 4.74 Å². The summed E-state index contributed by atoms with van der Waals surface area (Å²) in [5.41, 5.74) is -1.09. The second-order valence-electron chi connectivity index (χ2n) is 7.15. The lowest BCUT2D eigenvalue weighted by atomic mass is 9.85. The van der Waals surface area contributed by atoms with E-state index in [1.807, 2.05) is 25.7 Å². The second-order valence-corrected chi connectivity index (χ2v) is 7.15. The van der Waals surface area contributed by atoms with Gasteiger partial charge < -0.3 is 20.1 Å². The van der Waals surface area contributed by atoms with Gasteiger partial charge in [0, 0.05) is 12.6 Å². The van der Waals surface area contributed by atoms with Crippen LogP contribution in [0.1, 0.15) is 52.9 Å². The van der Waals surface area contributed by atoms with Gasteiger partial charge in [0.2, 0.25) is 0 Å². The molecule has 20 heavy (non-hydrogen) atoms. The minimum Gasteiger partial charge on any atom is -0.444 e. The normalized spacial score (nSPS) is 26.6. The number of hydrogen-bond donors (Lipinski definition) is 2. The molecule has 5 nitrogen and oxygen atoms in total. The molecule has 1 unspecified atom stereocenters. The summed E-state index contributed by atoms with van der Waals surface area (Å²) in [6, 6.07) is 0.118. The largest absolute Gasteiger partial charge is 0.444 e. The number of ether oxygens (including phenoxy) is 1. The SMILES string of the molecule is CC(C)(C)OC(=O)N1CCCC1CC1(O)CCNCC1. The number of nitrogens with zero attached hydrogens (tertiary/aromatic N) is 1. The van der Waals surface area contributed by atoms with Gasteiger partial charge in [-0.1, -0.05) is 0 Å². The van der Waals surface area contributed by atoms with Crippen LogP contribution in [0.2, 0.25) is 0 Å². The van der Waals surface area contributed by atoms with Gasteiger partial charge in [-0.25, -0.2) is 4.79 Å². The highest BCUT2D eigenvalue weighted by atomic mass is 16.6. The van der Waals surface area contributed by atoms with Crippen molar-refractivity contribution in [2.45, 2.75) is 70.1 Å². The Morgan fingerprint density at radius 1 is 1.40 bits per heavy atom. The molecular formula is C15H28N2O3. The summed E-state index contributed by atoms with van der Waals surface area (Å²) in [6.45, 7) is 8.11. The third-order valence-corrected chi connectivity index (χ3v) is 4.15. The van der Waals surface area contributed by atoms with Crippen molar-refractivity contribution in [3.63, 3.8) is 0 Å². The minimum absolute atomic E-state index is 0.118. The number of aliphatic hydroxyl groups is 1. The molecule has 2 rings (SSSR count). The van der Waals surface area contributed by atoms with Crippen LogP contribution in [-0.4, -0.2) is 53.0 Å². The molecule has 5 heteroatoms. The first-order chi connectivity index (χ1) is 9.29. The molecule has 0 aromatic rings. The first-order valence-electron chi connectivity index (χ1n) is 7.72. The Kier molecular flexibility index (Phi) is 4.59. The van der Waals surface area contributed by atoms with E-state index in [-0.39, 0.29) is 12.1 Å². The van der Waals surface area contributed by atoms with Gasteiger partial charge in [0.25, 0.3) is 0 Å². The van der Waals surface area contributed by atoms with Crippen LogP contribution in [0.5, 0.6) is 0 Å². The van der Waals surface area contributed by atoms with E-state index >= 15 is 0 Å². The fraction of sp³-hybridized carbons (Fsp3) is 0.933. The first kappa shape index (κ1) is 15.6. The first-order valence-corrected chi connectivity index (χ1v) is 7.72. The molecular weight excluding hydrogens is 256 g/mol. The number of piperidine rings is 1. The Morgan fingerprint density at radius 3 is 2.65 bits per heavy atom. The summed E-state index contributed by atoms with van der Waals surface area (Å²) >= 11 is 0. The Bertz CT molecular complexity index is 346. The number of likely N-dealkylation sites (tertiary alicyclic amines) is 1. The number of carbonyl (C=O) groups excluding carboxylic acids is 1. The van der Waals surface area contributed by atoms with Crippen LogP contribution in [-0.2, 0) is 4.74 Å². The van der Waals surface area contributed by atoms with Crippen molar-refractivity contribution in [3.8, 4) is 0 Å². The van der Waals surface area contributed by atoms with Crippen molar-refractivity contribution in [1.29, 1.82) is 0 Å². The van der Waals surface area contributed by atoms with Crippen molar-refractivity contribution in [2.24, 2.45) is 0 Å². The lowest BCUT2D eigenvalue weighted by Crippen LogP contribution is -2.48. The highest BCUT2D eigenvalue weighted by molar-refractivity contribution is 5.69. The van der Waals surface area contributed by atoms with Gasteiger partial charge in [0.1, 0.15) is 5.60 Å². The molecule has 0 spiro atoms. The Hall–Kier alpha value is -0.810. The Labute approximate surface area is 121 Å². The molecule has 0 aromatic carbocycles. The summed E-state index contributed by atoms with van der Waals surface area (Å²) in [4.78, 5) is 14.0. The summed E-state index contributed by atoms with van der Waals surface area (Å²) in [6.07, 6.45) is 3.94. The van der Waals surface area contributed by atoms with Crippen LogP contribution in [0.4, 0.5) is 4.79 Å². The second kappa shape index (κ2) is 5.90. The molecule has 0 aromatic heterocycles. The van der Waals surface area contributed by atoms with E-state index in [1.54, 1.807) is 0 Å². The highest BCUT2D eigenvalue weighted by Gasteiger charge is 2.39. The maximum absolute atomic E-state index is 12.2.